The van der Waals surface area contributed by atoms with Crippen LogP contribution in [0, 0.1) is 16.7 Å². The van der Waals surface area contributed by atoms with E-state index in [0.29, 0.717) is 22.9 Å². The van der Waals surface area contributed by atoms with E-state index in [1.807, 2.05) is 0 Å². The first-order chi connectivity index (χ1) is 8.22. The topological polar surface area (TPSA) is 29.3 Å². The summed E-state index contributed by atoms with van der Waals surface area (Å²) in [5, 5.41) is 0. The third-order valence-corrected chi connectivity index (χ3v) is 5.55. The van der Waals surface area contributed by atoms with E-state index in [0.717, 1.165) is 5.92 Å². The predicted molar refractivity (Wildman–Crippen MR) is 78.5 cm³/mol. The summed E-state index contributed by atoms with van der Waals surface area (Å²) in [4.78, 5) is 2.70. The number of hydrogen-bond acceptors (Lipinski definition) is 2. The van der Waals surface area contributed by atoms with Crippen molar-refractivity contribution in [3.63, 3.8) is 0 Å². The van der Waals surface area contributed by atoms with Crippen LogP contribution in [0.4, 0.5) is 0 Å². The lowest BCUT2D eigenvalue weighted by molar-refractivity contribution is 0.0763. The van der Waals surface area contributed by atoms with Gasteiger partial charge in [-0.1, -0.05) is 41.0 Å². The maximum Gasteiger partial charge on any atom is 0.0252 e. The van der Waals surface area contributed by atoms with Gasteiger partial charge in [0, 0.05) is 18.6 Å². The number of rotatable bonds is 1. The van der Waals surface area contributed by atoms with Crippen LogP contribution in [0.25, 0.3) is 0 Å². The second kappa shape index (κ2) is 4.79. The number of hydrogen-bond donors (Lipinski definition) is 1. The summed E-state index contributed by atoms with van der Waals surface area (Å²) in [7, 11) is 0. The van der Waals surface area contributed by atoms with Gasteiger partial charge in [-0.2, -0.15) is 0 Å². The van der Waals surface area contributed by atoms with Gasteiger partial charge in [0.2, 0.25) is 0 Å². The highest BCUT2D eigenvalue weighted by Crippen LogP contribution is 2.40. The quantitative estimate of drug-likeness (QED) is 0.776. The Kier molecular flexibility index (Phi) is 3.81. The molecule has 0 amide bonds. The second-order valence-electron chi connectivity index (χ2n) is 8.32. The van der Waals surface area contributed by atoms with Crippen LogP contribution in [-0.2, 0) is 0 Å². The molecule has 2 N–H and O–H groups in total. The molecule has 0 spiro atoms. The normalized spacial score (nSPS) is 38.0. The minimum Gasteiger partial charge on any atom is -0.326 e. The zero-order valence-corrected chi connectivity index (χ0v) is 13.0. The molecular formula is C16H32N2. The average Bonchev–Trinajstić information content (AvgIpc) is 2.70. The largest absolute Gasteiger partial charge is 0.326 e. The zero-order valence-electron chi connectivity index (χ0n) is 13.0. The van der Waals surface area contributed by atoms with Gasteiger partial charge in [-0.3, -0.25) is 4.90 Å². The van der Waals surface area contributed by atoms with Gasteiger partial charge in [0.25, 0.3) is 0 Å². The molecule has 0 bridgehead atoms. The van der Waals surface area contributed by atoms with Gasteiger partial charge < -0.3 is 5.73 Å². The highest BCUT2D eigenvalue weighted by molar-refractivity contribution is 4.98. The Balaban J connectivity index is 2.01. The fraction of sp³-hybridized carbons (Fsp3) is 1.00. The standard InChI is InChI=1S/C16H32N2/c1-15(2,3)12-8-10-18(11-12)13-7-6-9-16(4,5)14(13)17/h12-14H,6-11,17H2,1-5H3. The first kappa shape index (κ1) is 14.3. The molecule has 3 atom stereocenters. The fourth-order valence-electron chi connectivity index (χ4n) is 3.84. The molecule has 0 aromatic heterocycles. The third kappa shape index (κ3) is 2.75. The molecule has 0 aromatic carbocycles. The third-order valence-electron chi connectivity index (χ3n) is 5.55. The van der Waals surface area contributed by atoms with Crippen LogP contribution in [0.3, 0.4) is 0 Å². The Morgan fingerprint density at radius 3 is 2.39 bits per heavy atom. The first-order valence-electron chi connectivity index (χ1n) is 7.71. The minimum atomic E-state index is 0.322. The van der Waals surface area contributed by atoms with Crippen molar-refractivity contribution in [1.82, 2.24) is 4.90 Å². The summed E-state index contributed by atoms with van der Waals surface area (Å²) < 4.78 is 0. The molecule has 2 heteroatoms. The van der Waals surface area contributed by atoms with Crippen LogP contribution in [0.15, 0.2) is 0 Å². The molecule has 1 aliphatic carbocycles. The van der Waals surface area contributed by atoms with Crippen molar-refractivity contribution in [2.75, 3.05) is 13.1 Å². The number of nitrogens with zero attached hydrogens (tertiary/aromatic N) is 1. The Morgan fingerprint density at radius 2 is 1.83 bits per heavy atom. The summed E-state index contributed by atoms with van der Waals surface area (Å²) in [6.45, 7) is 14.4. The first-order valence-corrected chi connectivity index (χ1v) is 7.71. The zero-order chi connectivity index (χ0) is 13.6. The molecule has 0 radical (unpaired) electrons. The molecule has 2 rings (SSSR count). The van der Waals surface area contributed by atoms with Crippen molar-refractivity contribution >= 4 is 0 Å². The molecule has 0 aromatic rings. The second-order valence-corrected chi connectivity index (χ2v) is 8.32. The summed E-state index contributed by atoms with van der Waals surface area (Å²) in [5.41, 5.74) is 7.32. The minimum absolute atomic E-state index is 0.322. The molecule has 2 aliphatic rings. The van der Waals surface area contributed by atoms with E-state index in [-0.39, 0.29) is 0 Å². The molecule has 106 valence electrons. The van der Waals surface area contributed by atoms with Gasteiger partial charge in [0.1, 0.15) is 0 Å². The van der Waals surface area contributed by atoms with Crippen LogP contribution in [0.2, 0.25) is 0 Å². The molecule has 1 heterocycles. The summed E-state index contributed by atoms with van der Waals surface area (Å²) in [5.74, 6) is 0.842. The fourth-order valence-corrected chi connectivity index (χ4v) is 3.84. The van der Waals surface area contributed by atoms with Crippen LogP contribution >= 0.6 is 0 Å². The molecular weight excluding hydrogens is 220 g/mol. The Labute approximate surface area is 113 Å². The molecule has 3 unspecified atom stereocenters. The summed E-state index contributed by atoms with van der Waals surface area (Å²) in [6, 6.07) is 0.978. The summed E-state index contributed by atoms with van der Waals surface area (Å²) in [6.07, 6.45) is 5.30. The molecule has 1 saturated carbocycles. The van der Waals surface area contributed by atoms with Crippen molar-refractivity contribution in [2.45, 2.75) is 72.4 Å². The van der Waals surface area contributed by atoms with Crippen molar-refractivity contribution < 1.29 is 0 Å². The van der Waals surface area contributed by atoms with Gasteiger partial charge in [-0.05, 0) is 42.6 Å². The van der Waals surface area contributed by atoms with Crippen LogP contribution in [-0.4, -0.2) is 30.1 Å². The molecule has 18 heavy (non-hydrogen) atoms. The Bertz CT molecular complexity index is 290. The number of likely N-dealkylation sites (tertiary alicyclic amines) is 1. The summed E-state index contributed by atoms with van der Waals surface area (Å²) >= 11 is 0. The lowest BCUT2D eigenvalue weighted by atomic mass is 9.71. The maximum absolute atomic E-state index is 6.55. The van der Waals surface area contributed by atoms with E-state index >= 15 is 0 Å². The SMILES string of the molecule is CC(C)(C)C1CCN(C2CCCC(C)(C)C2N)C1. The van der Waals surface area contributed by atoms with Crippen LogP contribution < -0.4 is 5.73 Å². The molecule has 1 aliphatic heterocycles. The van der Waals surface area contributed by atoms with Gasteiger partial charge in [-0.15, -0.1) is 0 Å². The molecule has 1 saturated heterocycles. The molecule has 2 fully saturated rings. The van der Waals surface area contributed by atoms with Gasteiger partial charge in [-0.25, -0.2) is 0 Å². The van der Waals surface area contributed by atoms with E-state index in [9.17, 15) is 0 Å². The predicted octanol–water partition coefficient (Wildman–Crippen LogP) is 3.26. The Morgan fingerprint density at radius 1 is 1.17 bits per heavy atom. The van der Waals surface area contributed by atoms with E-state index in [2.05, 4.69) is 39.5 Å². The maximum atomic E-state index is 6.55. The highest BCUT2D eigenvalue weighted by Gasteiger charge is 2.42. The van der Waals surface area contributed by atoms with Crippen molar-refractivity contribution in [1.29, 1.82) is 0 Å². The van der Waals surface area contributed by atoms with E-state index in [1.165, 1.54) is 38.8 Å². The van der Waals surface area contributed by atoms with Gasteiger partial charge in [0.05, 0.1) is 0 Å². The number of nitrogens with two attached hydrogens (primary N) is 1. The van der Waals surface area contributed by atoms with Crippen molar-refractivity contribution in [3.05, 3.63) is 0 Å². The van der Waals surface area contributed by atoms with E-state index < -0.39 is 0 Å². The Hall–Kier alpha value is -0.0800. The lowest BCUT2D eigenvalue weighted by Gasteiger charge is -2.46. The smallest absolute Gasteiger partial charge is 0.0252 e. The van der Waals surface area contributed by atoms with E-state index in [4.69, 9.17) is 5.73 Å². The lowest BCUT2D eigenvalue weighted by Crippen LogP contribution is -2.56. The van der Waals surface area contributed by atoms with Gasteiger partial charge >= 0.3 is 0 Å². The average molecular weight is 252 g/mol. The monoisotopic (exact) mass is 252 g/mol. The van der Waals surface area contributed by atoms with Crippen molar-refractivity contribution in [3.8, 4) is 0 Å². The van der Waals surface area contributed by atoms with Crippen LogP contribution in [0.5, 0.6) is 0 Å². The van der Waals surface area contributed by atoms with Crippen LogP contribution in [0.1, 0.15) is 60.3 Å². The van der Waals surface area contributed by atoms with Gasteiger partial charge in [0.15, 0.2) is 0 Å². The molecule has 2 nitrogen and oxygen atoms in total. The highest BCUT2D eigenvalue weighted by atomic mass is 15.2. The van der Waals surface area contributed by atoms with E-state index in [1.54, 1.807) is 0 Å². The van der Waals surface area contributed by atoms with Crippen molar-refractivity contribution in [2.24, 2.45) is 22.5 Å².